The third kappa shape index (κ3) is 16.8. The van der Waals surface area contributed by atoms with Crippen molar-refractivity contribution in [2.75, 3.05) is 0 Å². The van der Waals surface area contributed by atoms with Gasteiger partial charge in [-0.3, -0.25) is 0 Å². The van der Waals surface area contributed by atoms with Crippen molar-refractivity contribution in [1.82, 2.24) is 0 Å². The highest BCUT2D eigenvalue weighted by atomic mass is 16.3. The Balaban J connectivity index is 0.000000142. The summed E-state index contributed by atoms with van der Waals surface area (Å²) in [4.78, 5) is 0. The van der Waals surface area contributed by atoms with Crippen LogP contribution in [0.5, 0.6) is 34.5 Å². The zero-order valence-electron chi connectivity index (χ0n) is 74.6. The van der Waals surface area contributed by atoms with E-state index in [9.17, 15) is 30.6 Å². The van der Waals surface area contributed by atoms with Crippen LogP contribution in [-0.2, 0) is 19.3 Å². The Labute approximate surface area is 743 Å². The minimum atomic E-state index is -0.0719. The second-order valence-corrected chi connectivity index (χ2v) is 34.4. The van der Waals surface area contributed by atoms with Gasteiger partial charge in [-0.15, -0.1) is 0 Å². The van der Waals surface area contributed by atoms with E-state index >= 15 is 0 Å². The maximum atomic E-state index is 11.9. The van der Waals surface area contributed by atoms with Gasteiger partial charge in [0.1, 0.15) is 34.5 Å². The van der Waals surface area contributed by atoms with Crippen LogP contribution in [0.3, 0.4) is 0 Å². The Morgan fingerprint density at radius 1 is 0.206 bits per heavy atom. The highest BCUT2D eigenvalue weighted by molar-refractivity contribution is 6.05. The van der Waals surface area contributed by atoms with E-state index in [4.69, 9.17) is 0 Å². The molecule has 0 bridgehead atoms. The molecule has 630 valence electrons. The summed E-state index contributed by atoms with van der Waals surface area (Å²) in [7, 11) is 0. The molecule has 0 aliphatic heterocycles. The quantitative estimate of drug-likeness (QED) is 0.0399. The van der Waals surface area contributed by atoms with Gasteiger partial charge in [0.25, 0.3) is 0 Å². The largest absolute Gasteiger partial charge is 0.507 e. The summed E-state index contributed by atoms with van der Waals surface area (Å²) in [5.41, 5.74) is 24.6. The van der Waals surface area contributed by atoms with Crippen molar-refractivity contribution in [3.05, 3.63) is 428 Å². The highest BCUT2D eigenvalue weighted by Crippen LogP contribution is 2.51. The second kappa shape index (κ2) is 37.4. The first-order chi connectivity index (χ1) is 61.2. The van der Waals surface area contributed by atoms with Crippen molar-refractivity contribution in [3.8, 4) is 67.9 Å². The summed E-state index contributed by atoms with van der Waals surface area (Å²) >= 11 is 0. The molecule has 18 aromatic carbocycles. The number of phenolic OH excluding ortho intramolecular Hbond substituents is 6. The Morgan fingerprint density at radius 3 is 0.881 bits per heavy atom. The molecule has 0 heterocycles. The summed E-state index contributed by atoms with van der Waals surface area (Å²) < 4.78 is 0. The monoisotopic (exact) mass is 1650 g/mol. The zero-order valence-corrected chi connectivity index (χ0v) is 74.6. The minimum Gasteiger partial charge on any atom is -0.507 e. The van der Waals surface area contributed by atoms with Gasteiger partial charge < -0.3 is 30.6 Å². The number of aromatic hydroxyl groups is 6. The van der Waals surface area contributed by atoms with Crippen LogP contribution in [0.1, 0.15) is 217 Å². The Kier molecular flexibility index (Phi) is 25.5. The average molecular weight is 1650 g/mol. The Bertz CT molecular complexity index is 6940. The Hall–Kier alpha value is -13.7. The number of fused-ring (bicyclic) bond motifs is 6. The summed E-state index contributed by atoms with van der Waals surface area (Å²) in [6.45, 7) is 25.3. The first-order valence-electron chi connectivity index (χ1n) is 45.2. The molecule has 0 saturated carbocycles. The summed E-state index contributed by atoms with van der Waals surface area (Å²) in [6.07, 6.45) is 4.80. The van der Waals surface area contributed by atoms with Crippen molar-refractivity contribution in [2.45, 2.75) is 157 Å². The van der Waals surface area contributed by atoms with Crippen molar-refractivity contribution in [1.29, 1.82) is 0 Å². The minimum absolute atomic E-state index is 0.00365. The van der Waals surface area contributed by atoms with Gasteiger partial charge in [-0.05, 0) is 309 Å². The fraction of sp³-hybridized carbons (Fsp3) is 0.200. The molecule has 6 atom stereocenters. The fourth-order valence-electron chi connectivity index (χ4n) is 20.0. The molecule has 0 fully saturated rings. The van der Waals surface area contributed by atoms with E-state index in [2.05, 4.69) is 366 Å². The van der Waals surface area contributed by atoms with E-state index in [1.54, 1.807) is 0 Å². The summed E-state index contributed by atoms with van der Waals surface area (Å²) in [6, 6.07) is 115. The van der Waals surface area contributed by atoms with Gasteiger partial charge in [0, 0.05) is 68.9 Å². The molecule has 0 aliphatic rings. The van der Waals surface area contributed by atoms with E-state index in [0.717, 1.165) is 132 Å². The molecule has 0 amide bonds. The van der Waals surface area contributed by atoms with Crippen LogP contribution in [0.2, 0.25) is 0 Å². The maximum Gasteiger partial charge on any atom is 0.122 e. The lowest BCUT2D eigenvalue weighted by Crippen LogP contribution is -2.05. The third-order valence-electron chi connectivity index (χ3n) is 26.9. The Morgan fingerprint density at radius 2 is 0.492 bits per heavy atom. The number of hydrogen-bond donors (Lipinski definition) is 6. The molecule has 0 radical (unpaired) electrons. The van der Waals surface area contributed by atoms with E-state index in [1.165, 1.54) is 98.0 Å². The molecule has 6 unspecified atom stereocenters. The number of benzene rings is 18. The average Bonchev–Trinajstić information content (AvgIpc) is 0.752. The fourth-order valence-corrected chi connectivity index (χ4v) is 20.0. The molecule has 0 aromatic heterocycles. The number of hydrogen-bond acceptors (Lipinski definition) is 6. The molecule has 6 heteroatoms. The molecule has 126 heavy (non-hydrogen) atoms. The van der Waals surface area contributed by atoms with Crippen molar-refractivity contribution >= 4 is 64.6 Å². The van der Waals surface area contributed by atoms with E-state index in [-0.39, 0.29) is 35.5 Å². The van der Waals surface area contributed by atoms with E-state index in [0.29, 0.717) is 40.9 Å². The first kappa shape index (κ1) is 85.9. The smallest absolute Gasteiger partial charge is 0.122 e. The van der Waals surface area contributed by atoms with Gasteiger partial charge in [-0.1, -0.05) is 305 Å². The van der Waals surface area contributed by atoms with Crippen LogP contribution in [0.15, 0.2) is 328 Å². The van der Waals surface area contributed by atoms with Crippen LogP contribution in [0, 0.1) is 20.8 Å². The lowest BCUT2D eigenvalue weighted by atomic mass is 9.80. The number of phenols is 6. The number of rotatable bonds is 21. The van der Waals surface area contributed by atoms with Gasteiger partial charge in [0.2, 0.25) is 0 Å². The van der Waals surface area contributed by atoms with E-state index < -0.39 is 0 Å². The second-order valence-electron chi connectivity index (χ2n) is 34.4. The molecule has 18 aromatic rings. The molecule has 0 saturated heterocycles. The molecular formula is C120H114O6. The standard InChI is InChI=1S/C48H42O2.C40H38O2.C32H34O2/c1-5-31-24-37(28-44(48(31)50)38(6-2)46-41-21-13-9-17-34(41)26-35-18-10-14-22-42(35)46)36-23-29(3)47(49)43(27-36)30(4)45-39-19-11-7-15-32(39)25-33-16-8-12-20-40(33)45;1-5-27-22-31(24-38(40(27)42)32(6-2)36-20-12-16-29-14-8-10-18-35(29)36)30-21-25(3)39(41)37(23-30)26(4)33-19-11-15-28-13-7-9-17-34(28)33;1-5-23-18-27(20-30(32(23)34)28(6-2)25-15-11-8-12-16-25)26-17-21(3)31(33)29(19-26)22(4)24-13-9-7-10-14-24/h7-28,30,38,49-50H,5-6H2,1-4H3;7-24,26,32,41-42H,5-6H2,1-4H3;7-20,22,28,33-34H,5-6H2,1-4H3. The summed E-state index contributed by atoms with van der Waals surface area (Å²) in [5.74, 6) is 2.34. The van der Waals surface area contributed by atoms with Gasteiger partial charge in [-0.25, -0.2) is 0 Å². The molecule has 18 rings (SSSR count). The van der Waals surface area contributed by atoms with Crippen molar-refractivity contribution < 1.29 is 30.6 Å². The number of aryl methyl sites for hydroxylation is 6. The topological polar surface area (TPSA) is 121 Å². The van der Waals surface area contributed by atoms with Crippen molar-refractivity contribution in [3.63, 3.8) is 0 Å². The van der Waals surface area contributed by atoms with Gasteiger partial charge in [0.05, 0.1) is 0 Å². The summed E-state index contributed by atoms with van der Waals surface area (Å²) in [5, 5.41) is 83.1. The molecule has 6 N–H and O–H groups in total. The van der Waals surface area contributed by atoms with Crippen LogP contribution < -0.4 is 0 Å². The van der Waals surface area contributed by atoms with Gasteiger partial charge in [-0.2, -0.15) is 0 Å². The lowest BCUT2D eigenvalue weighted by Gasteiger charge is -2.25. The molecule has 6 nitrogen and oxygen atoms in total. The first-order valence-corrected chi connectivity index (χ1v) is 45.2. The molecule has 0 aliphatic carbocycles. The maximum absolute atomic E-state index is 11.9. The van der Waals surface area contributed by atoms with Crippen molar-refractivity contribution in [2.24, 2.45) is 0 Å². The van der Waals surface area contributed by atoms with Gasteiger partial charge >= 0.3 is 0 Å². The third-order valence-corrected chi connectivity index (χ3v) is 26.9. The molecular weight excluding hydrogens is 1540 g/mol. The predicted octanol–water partition coefficient (Wildman–Crippen LogP) is 31.9. The lowest BCUT2D eigenvalue weighted by molar-refractivity contribution is 0.457. The van der Waals surface area contributed by atoms with Gasteiger partial charge in [0.15, 0.2) is 0 Å². The van der Waals surface area contributed by atoms with E-state index in [1.807, 2.05) is 45.0 Å². The van der Waals surface area contributed by atoms with Crippen LogP contribution in [0.25, 0.3) is 98.0 Å². The van der Waals surface area contributed by atoms with Crippen LogP contribution >= 0.6 is 0 Å². The van der Waals surface area contributed by atoms with Crippen LogP contribution in [-0.4, -0.2) is 30.6 Å². The zero-order chi connectivity index (χ0) is 88.1. The normalized spacial score (nSPS) is 13.0. The van der Waals surface area contributed by atoms with Crippen LogP contribution in [0.4, 0.5) is 0 Å². The SMILES string of the molecule is CCc1cc(-c2cc(C)c(O)c(C(C)c3c4ccccc4cc4ccccc34)c2)cc(C(CC)c2c3ccccc3cc3ccccc23)c1O.CCc1cc(-c2cc(C)c(O)c(C(C)c3cccc4ccccc34)c2)cc(C(CC)c2cccc3ccccc23)c1O.CCc1cc(-c2cc(C)c(O)c(C(C)c3ccccc3)c2)cc(C(CC)c2ccccc2)c1O. The highest BCUT2D eigenvalue weighted by Gasteiger charge is 2.30. The molecule has 0 spiro atoms. The predicted molar refractivity (Wildman–Crippen MR) is 531 cm³/mol.